The number of benzene rings is 2. The molecule has 0 N–H and O–H groups in total. The van der Waals surface area contributed by atoms with Crippen LogP contribution in [0.2, 0.25) is 0 Å². The molecule has 1 saturated carbocycles. The molecule has 0 atom stereocenters. The van der Waals surface area contributed by atoms with Gasteiger partial charge in [-0.2, -0.15) is 0 Å². The summed E-state index contributed by atoms with van der Waals surface area (Å²) in [6.45, 7) is 3.78. The molecule has 1 saturated heterocycles. The summed E-state index contributed by atoms with van der Waals surface area (Å²) in [4.78, 5) is 19.5. The van der Waals surface area contributed by atoms with Gasteiger partial charge in [0.2, 0.25) is 0 Å². The fourth-order valence-corrected chi connectivity index (χ4v) is 5.52. The minimum Gasteiger partial charge on any atom is -0.368 e. The van der Waals surface area contributed by atoms with Gasteiger partial charge >= 0.3 is 0 Å². The van der Waals surface area contributed by atoms with Crippen molar-refractivity contribution in [2.24, 2.45) is 0 Å². The minimum absolute atomic E-state index is 0.450. The molecule has 0 radical (unpaired) electrons. The highest BCUT2D eigenvalue weighted by molar-refractivity contribution is 9.10. The number of imidazole rings is 1. The Morgan fingerprint density at radius 3 is 2.21 bits per heavy atom. The van der Waals surface area contributed by atoms with Gasteiger partial charge < -0.3 is 14.4 Å². The van der Waals surface area contributed by atoms with Gasteiger partial charge in [-0.25, -0.2) is 15.0 Å². The van der Waals surface area contributed by atoms with Gasteiger partial charge in [-0.05, 0) is 37.1 Å². The van der Waals surface area contributed by atoms with Crippen molar-refractivity contribution in [3.8, 4) is 11.4 Å². The van der Waals surface area contributed by atoms with Crippen LogP contribution in [0.25, 0.3) is 22.6 Å². The van der Waals surface area contributed by atoms with Crippen molar-refractivity contribution in [1.29, 1.82) is 0 Å². The van der Waals surface area contributed by atoms with Crippen LogP contribution in [0, 0.1) is 0 Å². The summed E-state index contributed by atoms with van der Waals surface area (Å²) < 4.78 is 3.46. The van der Waals surface area contributed by atoms with Crippen molar-refractivity contribution < 1.29 is 0 Å². The number of para-hydroxylation sites is 1. The Hall–Kier alpha value is -2.93. The Bertz CT molecular complexity index is 1240. The van der Waals surface area contributed by atoms with Crippen LogP contribution in [0.5, 0.6) is 0 Å². The summed E-state index contributed by atoms with van der Waals surface area (Å²) in [5.74, 6) is 1.97. The molecule has 2 aromatic carbocycles. The van der Waals surface area contributed by atoms with Crippen molar-refractivity contribution in [2.75, 3.05) is 36.0 Å². The molecule has 0 unspecified atom stereocenters. The minimum atomic E-state index is 0.450. The molecule has 2 aromatic heterocycles. The molecule has 3 heterocycles. The summed E-state index contributed by atoms with van der Waals surface area (Å²) >= 11 is 3.56. The van der Waals surface area contributed by atoms with E-state index in [1.807, 2.05) is 0 Å². The Morgan fingerprint density at radius 2 is 1.48 bits per heavy atom. The highest BCUT2D eigenvalue weighted by atomic mass is 79.9. The third-order valence-corrected chi connectivity index (χ3v) is 7.48. The Kier molecular flexibility index (Phi) is 5.50. The van der Waals surface area contributed by atoms with Crippen LogP contribution in [-0.4, -0.2) is 45.7 Å². The van der Waals surface area contributed by atoms with Crippen molar-refractivity contribution in [1.82, 2.24) is 19.5 Å². The summed E-state index contributed by atoms with van der Waals surface area (Å²) in [6, 6.07) is 19.6. The van der Waals surface area contributed by atoms with E-state index in [0.29, 0.717) is 6.04 Å². The second-order valence-electron chi connectivity index (χ2n) is 8.93. The molecular weight excluding hydrogens is 476 g/mol. The highest BCUT2D eigenvalue weighted by Gasteiger charge is 2.28. The van der Waals surface area contributed by atoms with Gasteiger partial charge in [0.05, 0.1) is 0 Å². The van der Waals surface area contributed by atoms with E-state index in [1.54, 1.807) is 6.33 Å². The lowest BCUT2D eigenvalue weighted by Crippen LogP contribution is -2.46. The Balaban J connectivity index is 1.38. The van der Waals surface area contributed by atoms with E-state index < -0.39 is 0 Å². The van der Waals surface area contributed by atoms with E-state index in [4.69, 9.17) is 15.0 Å². The number of halogens is 1. The first-order valence-corrected chi connectivity index (χ1v) is 12.6. The van der Waals surface area contributed by atoms with Gasteiger partial charge in [0.25, 0.3) is 0 Å². The fourth-order valence-electron chi connectivity index (χ4n) is 5.25. The summed E-state index contributed by atoms with van der Waals surface area (Å²) in [5, 5.41) is 0. The summed E-state index contributed by atoms with van der Waals surface area (Å²) in [7, 11) is 0. The molecule has 1 aliphatic heterocycles. The number of rotatable bonds is 4. The standard InChI is InChI=1S/C26H27BrN6/c27-20-12-10-19(11-13-20)24-30-23-25(28-18-29-26(23)33(24)22-8-4-5-9-22)32-16-14-31(15-17-32)21-6-2-1-3-7-21/h1-3,6-7,10-13,18,22H,4-5,8-9,14-17H2. The van der Waals surface area contributed by atoms with E-state index in [-0.39, 0.29) is 0 Å². The lowest BCUT2D eigenvalue weighted by molar-refractivity contribution is 0.534. The highest BCUT2D eigenvalue weighted by Crippen LogP contribution is 2.38. The van der Waals surface area contributed by atoms with E-state index >= 15 is 0 Å². The van der Waals surface area contributed by atoms with Crippen molar-refractivity contribution >= 4 is 38.6 Å². The van der Waals surface area contributed by atoms with Crippen molar-refractivity contribution in [3.63, 3.8) is 0 Å². The van der Waals surface area contributed by atoms with Crippen molar-refractivity contribution in [3.05, 3.63) is 65.4 Å². The Morgan fingerprint density at radius 1 is 0.788 bits per heavy atom. The largest absolute Gasteiger partial charge is 0.368 e. The lowest BCUT2D eigenvalue weighted by atomic mass is 10.2. The molecule has 0 bridgehead atoms. The number of anilines is 2. The maximum atomic E-state index is 5.18. The molecule has 33 heavy (non-hydrogen) atoms. The first kappa shape index (κ1) is 20.7. The van der Waals surface area contributed by atoms with Crippen molar-refractivity contribution in [2.45, 2.75) is 31.7 Å². The van der Waals surface area contributed by atoms with Crippen LogP contribution < -0.4 is 9.80 Å². The van der Waals surface area contributed by atoms with E-state index in [9.17, 15) is 0 Å². The summed E-state index contributed by atoms with van der Waals surface area (Å²) in [5.41, 5.74) is 4.31. The van der Waals surface area contributed by atoms with Gasteiger partial charge in [-0.15, -0.1) is 0 Å². The van der Waals surface area contributed by atoms with Gasteiger partial charge in [0, 0.05) is 47.9 Å². The SMILES string of the molecule is Brc1ccc(-c2nc3c(N4CCN(c5ccccc5)CC4)ncnc3n2C2CCCC2)cc1. The van der Waals surface area contributed by atoms with E-state index in [1.165, 1.54) is 31.4 Å². The second-order valence-corrected chi connectivity index (χ2v) is 9.85. The number of fused-ring (bicyclic) bond motifs is 1. The van der Waals surface area contributed by atoms with Gasteiger partial charge in [0.15, 0.2) is 17.0 Å². The number of hydrogen-bond acceptors (Lipinski definition) is 5. The smallest absolute Gasteiger partial charge is 0.166 e. The molecule has 168 valence electrons. The predicted molar refractivity (Wildman–Crippen MR) is 137 cm³/mol. The topological polar surface area (TPSA) is 50.1 Å². The quantitative estimate of drug-likeness (QED) is 0.358. The van der Waals surface area contributed by atoms with Gasteiger partial charge in [-0.3, -0.25) is 0 Å². The maximum absolute atomic E-state index is 5.18. The molecule has 1 aliphatic carbocycles. The molecular formula is C26H27BrN6. The normalized spacial score (nSPS) is 17.2. The molecule has 2 fully saturated rings. The van der Waals surface area contributed by atoms with Crippen LogP contribution in [0.3, 0.4) is 0 Å². The number of aromatic nitrogens is 4. The van der Waals surface area contributed by atoms with Crippen LogP contribution in [0.4, 0.5) is 11.5 Å². The zero-order chi connectivity index (χ0) is 22.2. The first-order valence-electron chi connectivity index (χ1n) is 11.8. The van der Waals surface area contributed by atoms with Crippen LogP contribution >= 0.6 is 15.9 Å². The summed E-state index contributed by atoms with van der Waals surface area (Å²) in [6.07, 6.45) is 6.63. The Labute approximate surface area is 202 Å². The van der Waals surface area contributed by atoms with Crippen LogP contribution in [0.1, 0.15) is 31.7 Å². The van der Waals surface area contributed by atoms with Crippen LogP contribution in [-0.2, 0) is 0 Å². The van der Waals surface area contributed by atoms with E-state index in [2.05, 4.69) is 84.9 Å². The molecule has 2 aliphatic rings. The average molecular weight is 503 g/mol. The van der Waals surface area contributed by atoms with E-state index in [0.717, 1.165) is 59.0 Å². The number of nitrogens with zero attached hydrogens (tertiary/aromatic N) is 6. The zero-order valence-electron chi connectivity index (χ0n) is 18.6. The van der Waals surface area contributed by atoms with Gasteiger partial charge in [-0.1, -0.05) is 59.1 Å². The molecule has 0 spiro atoms. The lowest BCUT2D eigenvalue weighted by Gasteiger charge is -2.36. The zero-order valence-corrected chi connectivity index (χ0v) is 20.2. The van der Waals surface area contributed by atoms with Crippen LogP contribution in [0.15, 0.2) is 65.4 Å². The molecule has 6 nitrogen and oxygen atoms in total. The third-order valence-electron chi connectivity index (χ3n) is 6.95. The predicted octanol–water partition coefficient (Wildman–Crippen LogP) is 5.70. The number of hydrogen-bond donors (Lipinski definition) is 0. The van der Waals surface area contributed by atoms with Gasteiger partial charge in [0.1, 0.15) is 12.2 Å². The number of piperazine rings is 1. The maximum Gasteiger partial charge on any atom is 0.166 e. The fraction of sp³-hybridized carbons (Fsp3) is 0.346. The second kappa shape index (κ2) is 8.78. The molecule has 4 aromatic rings. The molecule has 7 heteroatoms. The molecule has 6 rings (SSSR count). The monoisotopic (exact) mass is 502 g/mol. The first-order chi connectivity index (χ1) is 16.3. The average Bonchev–Trinajstić information content (AvgIpc) is 3.53. The third kappa shape index (κ3) is 3.88. The molecule has 0 amide bonds.